The van der Waals surface area contributed by atoms with Gasteiger partial charge in [0.1, 0.15) is 5.37 Å². The molecule has 0 aromatic rings. The van der Waals surface area contributed by atoms with Crippen LogP contribution in [0.4, 0.5) is 0 Å². The molecule has 0 aromatic carbocycles. The van der Waals surface area contributed by atoms with Crippen molar-refractivity contribution in [3.8, 4) is 0 Å². The molecule has 0 spiro atoms. The van der Waals surface area contributed by atoms with Crippen LogP contribution >= 0.6 is 11.8 Å². The van der Waals surface area contributed by atoms with Crippen LogP contribution in [-0.2, 0) is 19.1 Å². The van der Waals surface area contributed by atoms with E-state index in [-0.39, 0.29) is 60.2 Å². The molecule has 0 saturated carbocycles. The fourth-order valence-electron chi connectivity index (χ4n) is 2.70. The minimum atomic E-state index is -1.42. The van der Waals surface area contributed by atoms with Gasteiger partial charge in [0.15, 0.2) is 0 Å². The number of carboxylic acid groups (broad SMARTS) is 1. The van der Waals surface area contributed by atoms with Crippen molar-refractivity contribution < 1.29 is 58.9 Å². The number of aliphatic hydroxyl groups excluding tert-OH is 1. The van der Waals surface area contributed by atoms with Crippen molar-refractivity contribution in [3.05, 3.63) is 10.6 Å². The van der Waals surface area contributed by atoms with Crippen molar-refractivity contribution in [3.63, 3.8) is 0 Å². The molecule has 108 valence electrons. The topological polar surface area (TPSA) is 107 Å². The largest absolute Gasteiger partial charge is 1.00 e. The van der Waals surface area contributed by atoms with E-state index in [9.17, 15) is 19.5 Å². The Hall–Kier alpha value is -0.540. The number of thioether (sulfide) groups is 1. The van der Waals surface area contributed by atoms with E-state index in [1.165, 1.54) is 11.8 Å². The minimum absolute atomic E-state index is 0. The number of allylic oxidation sites excluding steroid dienone is 1. The van der Waals surface area contributed by atoms with E-state index in [1.54, 1.807) is 0 Å². The number of rotatable bonds is 4. The normalized spacial score (nSPS) is 30.7. The van der Waals surface area contributed by atoms with Gasteiger partial charge in [-0.15, -0.1) is 11.8 Å². The van der Waals surface area contributed by atoms with Gasteiger partial charge in [-0.2, -0.15) is 0 Å². The van der Waals surface area contributed by atoms with Crippen molar-refractivity contribution in [1.82, 2.24) is 4.90 Å². The zero-order chi connectivity index (χ0) is 14.4. The number of hydrogen-bond acceptors (Lipinski definition) is 7. The van der Waals surface area contributed by atoms with E-state index in [0.717, 1.165) is 4.90 Å². The van der Waals surface area contributed by atoms with E-state index in [4.69, 9.17) is 9.84 Å². The number of carbonyl (C=O) groups excluding carboxylic acids is 3. The van der Waals surface area contributed by atoms with Crippen LogP contribution in [0.3, 0.4) is 0 Å². The molecule has 0 aromatic heterocycles. The molecule has 3 aliphatic rings. The Morgan fingerprint density at radius 3 is 2.71 bits per heavy atom. The molecule has 1 N–H and O–H groups in total. The van der Waals surface area contributed by atoms with Gasteiger partial charge in [-0.25, -0.2) is 0 Å². The number of amides is 1. The van der Waals surface area contributed by atoms with E-state index in [2.05, 4.69) is 0 Å². The smallest absolute Gasteiger partial charge is 0.543 e. The fourth-order valence-corrected chi connectivity index (χ4v) is 4.27. The molecular formula is C12H12NNaO6S. The standard InChI is InChI=1S/C12H13NO6S.Na/c14-4-6-9(15)13-8(11(16)17)7(20-10(6)13)3-5-1-2-19-12(5)18;/h5-6,10,14H,1-4H2,(H,16,17);/q;+1/p-1/t5?,6-,10+;/m0./s1. The quantitative estimate of drug-likeness (QED) is 0.315. The molecule has 3 rings (SSSR count). The number of ether oxygens (including phenoxy) is 1. The van der Waals surface area contributed by atoms with Gasteiger partial charge in [0.2, 0.25) is 5.91 Å². The number of esters is 1. The SMILES string of the molecule is O=C([O-])C1=C(CC2CCOC2=O)S[C@@H]2[C@@H](CO)C(=O)N12.[Na+]. The Morgan fingerprint density at radius 1 is 1.48 bits per heavy atom. The van der Waals surface area contributed by atoms with Crippen LogP contribution in [0.15, 0.2) is 10.6 Å². The Balaban J connectivity index is 0.00000161. The van der Waals surface area contributed by atoms with Crippen LogP contribution < -0.4 is 34.7 Å². The number of carbonyl (C=O) groups is 3. The summed E-state index contributed by atoms with van der Waals surface area (Å²) in [6.07, 6.45) is 0.788. The fraction of sp³-hybridized carbons (Fsp3) is 0.583. The third-order valence-electron chi connectivity index (χ3n) is 3.79. The van der Waals surface area contributed by atoms with Crippen LogP contribution in [0.1, 0.15) is 12.8 Å². The number of aliphatic carboxylic acids is 1. The summed E-state index contributed by atoms with van der Waals surface area (Å²) >= 11 is 1.22. The van der Waals surface area contributed by atoms with E-state index >= 15 is 0 Å². The Morgan fingerprint density at radius 2 is 2.19 bits per heavy atom. The van der Waals surface area contributed by atoms with Crippen LogP contribution in [0, 0.1) is 11.8 Å². The van der Waals surface area contributed by atoms with Crippen molar-refractivity contribution in [2.75, 3.05) is 13.2 Å². The molecule has 21 heavy (non-hydrogen) atoms. The van der Waals surface area contributed by atoms with E-state index in [1.807, 2.05) is 0 Å². The van der Waals surface area contributed by atoms with Crippen molar-refractivity contribution in [1.29, 1.82) is 0 Å². The molecule has 0 radical (unpaired) electrons. The van der Waals surface area contributed by atoms with Gasteiger partial charge in [0, 0.05) is 4.91 Å². The molecule has 3 atom stereocenters. The predicted octanol–water partition coefficient (Wildman–Crippen LogP) is -4.57. The Kier molecular flexibility index (Phi) is 5.04. The number of hydrogen-bond donors (Lipinski definition) is 1. The van der Waals surface area contributed by atoms with Crippen LogP contribution in [0.5, 0.6) is 0 Å². The van der Waals surface area contributed by atoms with Gasteiger partial charge >= 0.3 is 35.5 Å². The second-order valence-corrected chi connectivity index (χ2v) is 6.13. The second kappa shape index (κ2) is 6.29. The maximum atomic E-state index is 11.8. The summed E-state index contributed by atoms with van der Waals surface area (Å²) in [5, 5.41) is 20.0. The van der Waals surface area contributed by atoms with Crippen LogP contribution in [-0.4, -0.2) is 46.4 Å². The predicted molar refractivity (Wildman–Crippen MR) is 64.5 cm³/mol. The van der Waals surface area contributed by atoms with Crippen LogP contribution in [0.25, 0.3) is 0 Å². The molecule has 7 nitrogen and oxygen atoms in total. The van der Waals surface area contributed by atoms with Gasteiger partial charge < -0.3 is 19.7 Å². The van der Waals surface area contributed by atoms with Crippen LogP contribution in [0.2, 0.25) is 0 Å². The first-order chi connectivity index (χ1) is 9.54. The first kappa shape index (κ1) is 16.8. The Labute approximate surface area is 147 Å². The summed E-state index contributed by atoms with van der Waals surface area (Å²) in [6.45, 7) is 0.0273. The summed E-state index contributed by atoms with van der Waals surface area (Å²) < 4.78 is 4.85. The molecule has 3 heterocycles. The number of carboxylic acids is 1. The molecular weight excluding hydrogens is 309 g/mol. The summed E-state index contributed by atoms with van der Waals surface area (Å²) in [4.78, 5) is 36.1. The first-order valence-corrected chi connectivity index (χ1v) is 7.14. The van der Waals surface area contributed by atoms with Crippen molar-refractivity contribution in [2.45, 2.75) is 18.2 Å². The number of fused-ring (bicyclic) bond motifs is 1. The van der Waals surface area contributed by atoms with Gasteiger partial charge in [-0.3, -0.25) is 14.5 Å². The first-order valence-electron chi connectivity index (χ1n) is 6.26. The molecule has 3 aliphatic heterocycles. The number of nitrogens with zero attached hydrogens (tertiary/aromatic N) is 1. The molecule has 0 aliphatic carbocycles. The Bertz CT molecular complexity index is 536. The zero-order valence-electron chi connectivity index (χ0n) is 11.4. The third kappa shape index (κ3) is 2.63. The molecule has 0 bridgehead atoms. The van der Waals surface area contributed by atoms with E-state index in [0.29, 0.717) is 17.9 Å². The second-order valence-electron chi connectivity index (χ2n) is 4.92. The average molecular weight is 321 g/mol. The van der Waals surface area contributed by atoms with Gasteiger partial charge in [-0.1, -0.05) is 0 Å². The molecule has 2 saturated heterocycles. The molecule has 1 amide bonds. The molecule has 1 unspecified atom stereocenters. The van der Waals surface area contributed by atoms with Crippen molar-refractivity contribution in [2.24, 2.45) is 11.8 Å². The number of cyclic esters (lactones) is 1. The third-order valence-corrected chi connectivity index (χ3v) is 5.21. The zero-order valence-corrected chi connectivity index (χ0v) is 14.2. The van der Waals surface area contributed by atoms with E-state index < -0.39 is 23.2 Å². The number of aliphatic hydroxyl groups is 1. The molecule has 9 heteroatoms. The summed E-state index contributed by atoms with van der Waals surface area (Å²) in [6, 6.07) is 0. The average Bonchev–Trinajstić information content (AvgIpc) is 2.93. The number of β-lactam (4-membered cyclic amide) rings is 1. The monoisotopic (exact) mass is 321 g/mol. The van der Waals surface area contributed by atoms with Gasteiger partial charge in [0.25, 0.3) is 0 Å². The summed E-state index contributed by atoms with van der Waals surface area (Å²) in [5.74, 6) is -3.12. The maximum absolute atomic E-state index is 11.8. The van der Waals surface area contributed by atoms with Gasteiger partial charge in [0.05, 0.1) is 36.7 Å². The van der Waals surface area contributed by atoms with Crippen molar-refractivity contribution >= 4 is 29.6 Å². The molecule has 2 fully saturated rings. The summed E-state index contributed by atoms with van der Waals surface area (Å²) in [5.41, 5.74) is -0.158. The van der Waals surface area contributed by atoms with Gasteiger partial charge in [-0.05, 0) is 12.8 Å². The summed E-state index contributed by atoms with van der Waals surface area (Å²) in [7, 11) is 0. The minimum Gasteiger partial charge on any atom is -0.543 e. The maximum Gasteiger partial charge on any atom is 1.00 e.